The highest BCUT2D eigenvalue weighted by molar-refractivity contribution is 6.44. The molecule has 1 aromatic carbocycles. The molecule has 0 bridgehead atoms. The molecule has 0 radical (unpaired) electrons. The minimum absolute atomic E-state index is 0.0239. The summed E-state index contributed by atoms with van der Waals surface area (Å²) < 4.78 is 13.1. The van der Waals surface area contributed by atoms with Gasteiger partial charge in [0, 0.05) is 6.04 Å². The van der Waals surface area contributed by atoms with Gasteiger partial charge >= 0.3 is 5.91 Å². The first kappa shape index (κ1) is 14.7. The van der Waals surface area contributed by atoms with E-state index in [-0.39, 0.29) is 17.1 Å². The summed E-state index contributed by atoms with van der Waals surface area (Å²) in [5, 5.41) is 4.11. The third kappa shape index (κ3) is 3.79. The molecule has 0 saturated carbocycles. The first-order valence-corrected chi connectivity index (χ1v) is 5.48. The molecule has 2 amide bonds. The highest BCUT2D eigenvalue weighted by Crippen LogP contribution is 2.18. The molecule has 98 valence electrons. The summed E-state index contributed by atoms with van der Waals surface area (Å²) in [4.78, 5) is 34.2. The molecule has 0 saturated heterocycles. The number of hydrogen-bond donors (Lipinski definition) is 2. The molecule has 0 fully saturated rings. The number of halogens is 2. The molecule has 2 N–H and O–H groups in total. The van der Waals surface area contributed by atoms with E-state index in [1.165, 1.54) is 0 Å². The number of hydrogen-bond acceptors (Lipinski definition) is 3. The summed E-state index contributed by atoms with van der Waals surface area (Å²) in [7, 11) is 0. The second-order valence-corrected chi connectivity index (χ2v) is 3.57. The predicted octanol–water partition coefficient (Wildman–Crippen LogP) is 0.893. The number of amides is 2. The van der Waals surface area contributed by atoms with Crippen LogP contribution in [0.15, 0.2) is 18.2 Å². The molecule has 0 heterocycles. The van der Waals surface area contributed by atoms with Crippen LogP contribution >= 0.6 is 11.6 Å². The number of nitrogens with one attached hydrogen (secondary N) is 2. The zero-order valence-corrected chi connectivity index (χ0v) is 10.3. The van der Waals surface area contributed by atoms with Crippen molar-refractivity contribution < 1.29 is 18.8 Å². The SMILES string of the molecule is C#CNC(=O)C(=O)c1cc(F)ccc1NC(=O)CCl. The van der Waals surface area contributed by atoms with E-state index in [2.05, 4.69) is 5.32 Å². The van der Waals surface area contributed by atoms with Crippen LogP contribution in [0.5, 0.6) is 0 Å². The van der Waals surface area contributed by atoms with E-state index in [4.69, 9.17) is 18.0 Å². The number of ketones is 1. The van der Waals surface area contributed by atoms with Gasteiger partial charge in [-0.2, -0.15) is 0 Å². The van der Waals surface area contributed by atoms with Gasteiger partial charge in [0.25, 0.3) is 5.78 Å². The summed E-state index contributed by atoms with van der Waals surface area (Å²) in [6, 6.07) is 4.78. The zero-order chi connectivity index (χ0) is 14.4. The van der Waals surface area contributed by atoms with Gasteiger partial charge in [0.1, 0.15) is 11.7 Å². The Morgan fingerprint density at radius 1 is 1.37 bits per heavy atom. The maximum atomic E-state index is 13.1. The van der Waals surface area contributed by atoms with Gasteiger partial charge in [-0.25, -0.2) is 4.39 Å². The average molecular weight is 283 g/mol. The van der Waals surface area contributed by atoms with Crippen LogP contribution in [0.3, 0.4) is 0 Å². The topological polar surface area (TPSA) is 75.3 Å². The summed E-state index contributed by atoms with van der Waals surface area (Å²) in [5.74, 6) is -3.85. The van der Waals surface area contributed by atoms with Gasteiger partial charge in [-0.1, -0.05) is 6.42 Å². The highest BCUT2D eigenvalue weighted by atomic mass is 35.5. The Morgan fingerprint density at radius 2 is 2.05 bits per heavy atom. The lowest BCUT2D eigenvalue weighted by Gasteiger charge is -2.08. The summed E-state index contributed by atoms with van der Waals surface area (Å²) >= 11 is 5.30. The quantitative estimate of drug-likeness (QED) is 0.283. The first-order valence-electron chi connectivity index (χ1n) is 4.95. The van der Waals surface area contributed by atoms with E-state index in [9.17, 15) is 18.8 Å². The monoisotopic (exact) mass is 282 g/mol. The number of carbonyl (C=O) groups excluding carboxylic acids is 3. The molecular weight excluding hydrogens is 275 g/mol. The second kappa shape index (κ2) is 6.52. The van der Waals surface area contributed by atoms with E-state index in [1.807, 2.05) is 5.32 Å². The molecule has 0 aliphatic heterocycles. The van der Waals surface area contributed by atoms with Crippen molar-refractivity contribution in [1.82, 2.24) is 5.32 Å². The van der Waals surface area contributed by atoms with Crippen LogP contribution in [-0.4, -0.2) is 23.5 Å². The number of alkyl halides is 1. The number of carbonyl (C=O) groups is 3. The van der Waals surface area contributed by atoms with Crippen molar-refractivity contribution in [2.75, 3.05) is 11.2 Å². The Bertz CT molecular complexity index is 581. The standard InChI is InChI=1S/C12H8ClFN2O3/c1-2-15-12(19)11(18)8-5-7(14)3-4-9(8)16-10(17)6-13/h1,3-5H,6H2,(H,15,19)(H,16,17). The van der Waals surface area contributed by atoms with E-state index in [0.717, 1.165) is 18.2 Å². The van der Waals surface area contributed by atoms with Gasteiger partial charge in [-0.05, 0) is 18.2 Å². The van der Waals surface area contributed by atoms with Crippen molar-refractivity contribution in [1.29, 1.82) is 0 Å². The predicted molar refractivity (Wildman–Crippen MR) is 67.1 cm³/mol. The molecular formula is C12H8ClFN2O3. The molecule has 5 nitrogen and oxygen atoms in total. The normalized spacial score (nSPS) is 9.32. The molecule has 0 atom stereocenters. The van der Waals surface area contributed by atoms with Crippen LogP contribution in [0.4, 0.5) is 10.1 Å². The third-order valence-electron chi connectivity index (χ3n) is 2.01. The third-order valence-corrected chi connectivity index (χ3v) is 2.26. The molecule has 7 heteroatoms. The van der Waals surface area contributed by atoms with Crippen molar-refractivity contribution in [3.05, 3.63) is 29.6 Å². The van der Waals surface area contributed by atoms with Crippen LogP contribution in [0.25, 0.3) is 0 Å². The molecule has 0 aliphatic carbocycles. The van der Waals surface area contributed by atoms with E-state index < -0.39 is 23.4 Å². The van der Waals surface area contributed by atoms with Crippen LogP contribution < -0.4 is 10.6 Å². The molecule has 0 spiro atoms. The lowest BCUT2D eigenvalue weighted by Crippen LogP contribution is -2.28. The second-order valence-electron chi connectivity index (χ2n) is 3.30. The fraction of sp³-hybridized carbons (Fsp3) is 0.0833. The Labute approximate surface area is 113 Å². The van der Waals surface area contributed by atoms with Crippen LogP contribution in [0.1, 0.15) is 10.4 Å². The minimum Gasteiger partial charge on any atom is -0.324 e. The maximum absolute atomic E-state index is 13.1. The Morgan fingerprint density at radius 3 is 2.63 bits per heavy atom. The Kier molecular flexibility index (Phi) is 5.03. The smallest absolute Gasteiger partial charge is 0.303 e. The molecule has 0 aliphatic rings. The molecule has 19 heavy (non-hydrogen) atoms. The number of benzene rings is 1. The molecule has 0 aromatic heterocycles. The van der Waals surface area contributed by atoms with Crippen LogP contribution in [0.2, 0.25) is 0 Å². The van der Waals surface area contributed by atoms with Crippen molar-refractivity contribution >= 4 is 34.9 Å². The maximum Gasteiger partial charge on any atom is 0.303 e. The zero-order valence-electron chi connectivity index (χ0n) is 9.50. The number of terminal acetylenes is 1. The Hall–Kier alpha value is -2.39. The van der Waals surface area contributed by atoms with Crippen molar-refractivity contribution in [3.8, 4) is 12.5 Å². The van der Waals surface area contributed by atoms with Gasteiger partial charge in [-0.3, -0.25) is 19.7 Å². The van der Waals surface area contributed by atoms with Gasteiger partial charge in [0.05, 0.1) is 11.3 Å². The van der Waals surface area contributed by atoms with Crippen LogP contribution in [0, 0.1) is 18.3 Å². The summed E-state index contributed by atoms with van der Waals surface area (Å²) in [5.41, 5.74) is -0.338. The number of anilines is 1. The Balaban J connectivity index is 3.14. The first-order chi connectivity index (χ1) is 8.99. The van der Waals surface area contributed by atoms with Crippen molar-refractivity contribution in [3.63, 3.8) is 0 Å². The van der Waals surface area contributed by atoms with Gasteiger partial charge in [0.15, 0.2) is 0 Å². The van der Waals surface area contributed by atoms with Gasteiger partial charge in [-0.15, -0.1) is 11.6 Å². The lowest BCUT2D eigenvalue weighted by atomic mass is 10.1. The molecule has 1 aromatic rings. The van der Waals surface area contributed by atoms with E-state index in [1.54, 1.807) is 6.04 Å². The average Bonchev–Trinajstić information content (AvgIpc) is 2.40. The van der Waals surface area contributed by atoms with Crippen molar-refractivity contribution in [2.45, 2.75) is 0 Å². The lowest BCUT2D eigenvalue weighted by molar-refractivity contribution is -0.116. The number of Topliss-reactive ketones (excluding diaryl/α,β-unsaturated/α-hetero) is 1. The summed E-state index contributed by atoms with van der Waals surface area (Å²) in [6.07, 6.45) is 4.82. The van der Waals surface area contributed by atoms with Crippen molar-refractivity contribution in [2.24, 2.45) is 0 Å². The largest absolute Gasteiger partial charge is 0.324 e. The summed E-state index contributed by atoms with van der Waals surface area (Å²) in [6.45, 7) is 0. The highest BCUT2D eigenvalue weighted by Gasteiger charge is 2.20. The molecule has 1 rings (SSSR count). The van der Waals surface area contributed by atoms with Gasteiger partial charge < -0.3 is 5.32 Å². The van der Waals surface area contributed by atoms with E-state index >= 15 is 0 Å². The van der Waals surface area contributed by atoms with E-state index in [0.29, 0.717) is 0 Å². The van der Waals surface area contributed by atoms with Crippen LogP contribution in [-0.2, 0) is 9.59 Å². The fourth-order valence-corrected chi connectivity index (χ4v) is 1.31. The number of rotatable bonds is 4. The molecule has 0 unspecified atom stereocenters. The fourth-order valence-electron chi connectivity index (χ4n) is 1.24. The van der Waals surface area contributed by atoms with Gasteiger partial charge in [0.2, 0.25) is 5.91 Å². The minimum atomic E-state index is -1.10.